The van der Waals surface area contributed by atoms with Gasteiger partial charge >= 0.3 is 0 Å². The monoisotopic (exact) mass is 343 g/mol. The first kappa shape index (κ1) is 16.0. The number of hydrogen-bond acceptors (Lipinski definition) is 3. The Morgan fingerprint density at radius 1 is 1.14 bits per heavy atom. The van der Waals surface area contributed by atoms with E-state index in [0.717, 1.165) is 0 Å². The number of nitrogens with zero attached hydrogens (tertiary/aromatic N) is 2. The summed E-state index contributed by atoms with van der Waals surface area (Å²) in [7, 11) is 0. The standard InChI is InChI=1S/C14H12Cl3N3O/c1-7(2)13-18-6-11(17)12(20-13)14(21)19-8-3-4-9(15)10(16)5-8/h3-7H,1-2H3,(H,19,21). The summed E-state index contributed by atoms with van der Waals surface area (Å²) in [4.78, 5) is 20.5. The first-order valence-corrected chi connectivity index (χ1v) is 7.30. The largest absolute Gasteiger partial charge is 0.321 e. The van der Waals surface area contributed by atoms with Gasteiger partial charge in [-0.3, -0.25) is 4.79 Å². The first-order valence-electron chi connectivity index (χ1n) is 6.17. The van der Waals surface area contributed by atoms with E-state index in [4.69, 9.17) is 34.8 Å². The van der Waals surface area contributed by atoms with E-state index in [1.807, 2.05) is 13.8 Å². The van der Waals surface area contributed by atoms with Crippen molar-refractivity contribution in [2.75, 3.05) is 5.32 Å². The van der Waals surface area contributed by atoms with Gasteiger partial charge in [-0.25, -0.2) is 9.97 Å². The lowest BCUT2D eigenvalue weighted by molar-refractivity contribution is 0.102. The molecule has 0 aliphatic heterocycles. The van der Waals surface area contributed by atoms with Crippen LogP contribution in [-0.4, -0.2) is 15.9 Å². The van der Waals surface area contributed by atoms with Gasteiger partial charge in [0, 0.05) is 11.6 Å². The van der Waals surface area contributed by atoms with E-state index in [9.17, 15) is 4.79 Å². The molecule has 21 heavy (non-hydrogen) atoms. The molecule has 0 saturated heterocycles. The average molecular weight is 345 g/mol. The maximum Gasteiger partial charge on any atom is 0.275 e. The van der Waals surface area contributed by atoms with Gasteiger partial charge in [0.15, 0.2) is 5.69 Å². The Morgan fingerprint density at radius 2 is 1.86 bits per heavy atom. The molecule has 1 amide bonds. The van der Waals surface area contributed by atoms with Crippen LogP contribution < -0.4 is 5.32 Å². The molecule has 2 aromatic rings. The van der Waals surface area contributed by atoms with Gasteiger partial charge in [0.2, 0.25) is 0 Å². The molecule has 0 atom stereocenters. The van der Waals surface area contributed by atoms with Crippen LogP contribution in [0.5, 0.6) is 0 Å². The molecule has 0 spiro atoms. The Hall–Kier alpha value is -1.36. The van der Waals surface area contributed by atoms with E-state index in [1.165, 1.54) is 6.20 Å². The zero-order chi connectivity index (χ0) is 15.6. The number of halogens is 3. The molecule has 0 radical (unpaired) electrons. The third kappa shape index (κ3) is 3.84. The minimum Gasteiger partial charge on any atom is -0.321 e. The van der Waals surface area contributed by atoms with Gasteiger partial charge in [-0.2, -0.15) is 0 Å². The molecule has 110 valence electrons. The Kier molecular flexibility index (Phi) is 5.04. The predicted molar refractivity (Wildman–Crippen MR) is 85.5 cm³/mol. The van der Waals surface area contributed by atoms with Crippen molar-refractivity contribution in [2.24, 2.45) is 0 Å². The molecule has 0 unspecified atom stereocenters. The van der Waals surface area contributed by atoms with Crippen molar-refractivity contribution in [1.29, 1.82) is 0 Å². The number of amides is 1. The van der Waals surface area contributed by atoms with Gasteiger partial charge < -0.3 is 5.32 Å². The van der Waals surface area contributed by atoms with Crippen LogP contribution in [0.1, 0.15) is 36.1 Å². The van der Waals surface area contributed by atoms with E-state index in [0.29, 0.717) is 21.6 Å². The molecule has 0 bridgehead atoms. The number of nitrogens with one attached hydrogen (secondary N) is 1. The Labute approximate surface area is 137 Å². The summed E-state index contributed by atoms with van der Waals surface area (Å²) < 4.78 is 0. The van der Waals surface area contributed by atoms with Gasteiger partial charge in [-0.1, -0.05) is 48.7 Å². The number of aromatic nitrogens is 2. The van der Waals surface area contributed by atoms with Gasteiger partial charge in [0.25, 0.3) is 5.91 Å². The quantitative estimate of drug-likeness (QED) is 0.869. The van der Waals surface area contributed by atoms with Gasteiger partial charge in [0.05, 0.1) is 21.3 Å². The molecule has 0 aliphatic rings. The zero-order valence-electron chi connectivity index (χ0n) is 11.3. The van der Waals surface area contributed by atoms with Gasteiger partial charge in [-0.15, -0.1) is 0 Å². The lowest BCUT2D eigenvalue weighted by Crippen LogP contribution is -2.16. The smallest absolute Gasteiger partial charge is 0.275 e. The second kappa shape index (κ2) is 6.60. The molecule has 0 fully saturated rings. The van der Waals surface area contributed by atoms with Crippen molar-refractivity contribution >= 4 is 46.4 Å². The molecule has 0 saturated carbocycles. The lowest BCUT2D eigenvalue weighted by Gasteiger charge is -2.09. The van der Waals surface area contributed by atoms with Crippen molar-refractivity contribution in [3.63, 3.8) is 0 Å². The summed E-state index contributed by atoms with van der Waals surface area (Å²) in [5.74, 6) is 0.222. The molecule has 0 aliphatic carbocycles. The minimum atomic E-state index is -0.428. The molecule has 2 rings (SSSR count). The van der Waals surface area contributed by atoms with Crippen LogP contribution in [0.2, 0.25) is 15.1 Å². The fourth-order valence-electron chi connectivity index (χ4n) is 1.58. The zero-order valence-corrected chi connectivity index (χ0v) is 13.6. The number of carbonyl (C=O) groups excluding carboxylic acids is 1. The van der Waals surface area contributed by atoms with Crippen LogP contribution >= 0.6 is 34.8 Å². The maximum atomic E-state index is 12.2. The summed E-state index contributed by atoms with van der Waals surface area (Å²) >= 11 is 17.7. The molecule has 1 heterocycles. The van der Waals surface area contributed by atoms with E-state index in [-0.39, 0.29) is 16.6 Å². The SMILES string of the molecule is CC(C)c1ncc(Cl)c(C(=O)Nc2ccc(Cl)c(Cl)c2)n1. The number of anilines is 1. The number of benzene rings is 1. The highest BCUT2D eigenvalue weighted by atomic mass is 35.5. The van der Waals surface area contributed by atoms with Crippen LogP contribution in [0.4, 0.5) is 5.69 Å². The average Bonchev–Trinajstić information content (AvgIpc) is 2.43. The third-order valence-electron chi connectivity index (χ3n) is 2.67. The topological polar surface area (TPSA) is 54.9 Å². The van der Waals surface area contributed by atoms with Gasteiger partial charge in [-0.05, 0) is 18.2 Å². The van der Waals surface area contributed by atoms with Crippen molar-refractivity contribution in [2.45, 2.75) is 19.8 Å². The van der Waals surface area contributed by atoms with Crippen LogP contribution in [0.15, 0.2) is 24.4 Å². The highest BCUT2D eigenvalue weighted by Crippen LogP contribution is 2.25. The number of carbonyl (C=O) groups is 1. The Bertz CT molecular complexity index is 689. The van der Waals surface area contributed by atoms with E-state index < -0.39 is 5.91 Å². The normalized spacial score (nSPS) is 10.8. The Morgan fingerprint density at radius 3 is 2.48 bits per heavy atom. The van der Waals surface area contributed by atoms with Crippen LogP contribution in [0.3, 0.4) is 0 Å². The minimum absolute atomic E-state index is 0.0961. The van der Waals surface area contributed by atoms with Crippen LogP contribution in [-0.2, 0) is 0 Å². The highest BCUT2D eigenvalue weighted by molar-refractivity contribution is 6.42. The fraction of sp³-hybridized carbons (Fsp3) is 0.214. The molecular formula is C14H12Cl3N3O. The highest BCUT2D eigenvalue weighted by Gasteiger charge is 2.16. The molecular weight excluding hydrogens is 333 g/mol. The molecule has 4 nitrogen and oxygen atoms in total. The second-order valence-electron chi connectivity index (χ2n) is 4.66. The second-order valence-corrected chi connectivity index (χ2v) is 5.88. The maximum absolute atomic E-state index is 12.2. The van der Waals surface area contributed by atoms with E-state index in [1.54, 1.807) is 18.2 Å². The van der Waals surface area contributed by atoms with Crippen molar-refractivity contribution in [1.82, 2.24) is 9.97 Å². The third-order valence-corrected chi connectivity index (χ3v) is 3.69. The summed E-state index contributed by atoms with van der Waals surface area (Å²) in [6, 6.07) is 4.80. The van der Waals surface area contributed by atoms with Crippen LogP contribution in [0, 0.1) is 0 Å². The van der Waals surface area contributed by atoms with Crippen molar-refractivity contribution in [3.8, 4) is 0 Å². The summed E-state index contributed by atoms with van der Waals surface area (Å²) in [5, 5.41) is 3.63. The summed E-state index contributed by atoms with van der Waals surface area (Å²) in [6.07, 6.45) is 1.42. The Balaban J connectivity index is 2.27. The molecule has 1 N–H and O–H groups in total. The van der Waals surface area contributed by atoms with E-state index >= 15 is 0 Å². The summed E-state index contributed by atoms with van der Waals surface area (Å²) in [6.45, 7) is 3.87. The lowest BCUT2D eigenvalue weighted by atomic mass is 10.2. The summed E-state index contributed by atoms with van der Waals surface area (Å²) in [5.41, 5.74) is 0.636. The molecule has 7 heteroatoms. The number of hydrogen-bond donors (Lipinski definition) is 1. The van der Waals surface area contributed by atoms with Crippen LogP contribution in [0.25, 0.3) is 0 Å². The fourth-order valence-corrected chi connectivity index (χ4v) is 2.06. The first-order chi connectivity index (χ1) is 9.88. The molecule has 1 aromatic heterocycles. The molecule has 1 aromatic carbocycles. The number of rotatable bonds is 3. The van der Waals surface area contributed by atoms with Crippen molar-refractivity contribution in [3.05, 3.63) is 51.0 Å². The van der Waals surface area contributed by atoms with Gasteiger partial charge in [0.1, 0.15) is 5.82 Å². The van der Waals surface area contributed by atoms with E-state index in [2.05, 4.69) is 15.3 Å². The van der Waals surface area contributed by atoms with Crippen molar-refractivity contribution < 1.29 is 4.79 Å². The predicted octanol–water partition coefficient (Wildman–Crippen LogP) is 4.81.